The molecule has 13 heavy (non-hydrogen) atoms. The fraction of sp³-hybridized carbons (Fsp3) is 0.750. The average Bonchev–Trinajstić information content (AvgIpc) is 2.33. The zero-order valence-electron chi connectivity index (χ0n) is 8.16. The van der Waals surface area contributed by atoms with Crippen molar-refractivity contribution in [3.63, 3.8) is 0 Å². The first-order valence-corrected chi connectivity index (χ1v) is 4.19. The highest BCUT2D eigenvalue weighted by Crippen LogP contribution is 2.00. The number of nitrogens with one attached hydrogen (secondary N) is 1. The van der Waals surface area contributed by atoms with Crippen molar-refractivity contribution in [1.82, 2.24) is 15.5 Å². The zero-order valence-corrected chi connectivity index (χ0v) is 8.16. The van der Waals surface area contributed by atoms with E-state index in [1.807, 2.05) is 0 Å². The Morgan fingerprint density at radius 2 is 2.15 bits per heavy atom. The quantitative estimate of drug-likeness (QED) is 0.703. The van der Waals surface area contributed by atoms with E-state index in [9.17, 15) is 5.11 Å². The molecule has 0 spiro atoms. The van der Waals surface area contributed by atoms with E-state index in [4.69, 9.17) is 4.42 Å². The van der Waals surface area contributed by atoms with Gasteiger partial charge >= 0.3 is 0 Å². The standard InChI is InChI=1S/C8H15N3O2/c1-6-10-11-7(13-6)4-9-5-8(2,3)12/h9,12H,4-5H2,1-3H3. The molecule has 0 fully saturated rings. The number of hydrogen-bond acceptors (Lipinski definition) is 5. The number of hydrogen-bond donors (Lipinski definition) is 2. The van der Waals surface area contributed by atoms with Gasteiger partial charge in [0, 0.05) is 13.5 Å². The van der Waals surface area contributed by atoms with E-state index in [1.165, 1.54) is 0 Å². The molecule has 1 rings (SSSR count). The zero-order chi connectivity index (χ0) is 9.90. The van der Waals surface area contributed by atoms with Gasteiger partial charge in [-0.05, 0) is 13.8 Å². The van der Waals surface area contributed by atoms with Crippen LogP contribution in [-0.2, 0) is 6.54 Å². The lowest BCUT2D eigenvalue weighted by molar-refractivity contribution is 0.0788. The van der Waals surface area contributed by atoms with Crippen LogP contribution in [0.5, 0.6) is 0 Å². The lowest BCUT2D eigenvalue weighted by Crippen LogP contribution is -2.34. The normalized spacial score (nSPS) is 12.0. The average molecular weight is 185 g/mol. The van der Waals surface area contributed by atoms with Gasteiger partial charge in [0.25, 0.3) is 0 Å². The highest BCUT2D eigenvalue weighted by Gasteiger charge is 2.11. The molecular formula is C8H15N3O2. The van der Waals surface area contributed by atoms with Gasteiger partial charge in [0.05, 0.1) is 12.1 Å². The maximum absolute atomic E-state index is 9.37. The molecule has 0 bridgehead atoms. The van der Waals surface area contributed by atoms with Crippen LogP contribution in [0.1, 0.15) is 25.6 Å². The Kier molecular flexibility index (Phi) is 3.00. The van der Waals surface area contributed by atoms with E-state index in [-0.39, 0.29) is 0 Å². The number of rotatable bonds is 4. The molecule has 0 aromatic carbocycles. The summed E-state index contributed by atoms with van der Waals surface area (Å²) in [7, 11) is 0. The van der Waals surface area contributed by atoms with Crippen molar-refractivity contribution >= 4 is 0 Å². The van der Waals surface area contributed by atoms with E-state index < -0.39 is 5.60 Å². The van der Waals surface area contributed by atoms with Crippen LogP contribution in [0.4, 0.5) is 0 Å². The summed E-state index contributed by atoms with van der Waals surface area (Å²) in [5, 5.41) is 19.9. The molecule has 5 nitrogen and oxygen atoms in total. The summed E-state index contributed by atoms with van der Waals surface area (Å²) < 4.78 is 5.13. The molecule has 1 aromatic rings. The van der Waals surface area contributed by atoms with Gasteiger partial charge in [-0.1, -0.05) is 0 Å². The predicted octanol–water partition coefficient (Wildman–Crippen LogP) is 0.239. The fourth-order valence-electron chi connectivity index (χ4n) is 0.884. The largest absolute Gasteiger partial charge is 0.424 e. The molecule has 74 valence electrons. The highest BCUT2D eigenvalue weighted by atomic mass is 16.4. The van der Waals surface area contributed by atoms with Crippen LogP contribution in [0.25, 0.3) is 0 Å². The topological polar surface area (TPSA) is 71.2 Å². The van der Waals surface area contributed by atoms with Gasteiger partial charge in [-0.3, -0.25) is 0 Å². The Labute approximate surface area is 77.2 Å². The molecule has 0 amide bonds. The van der Waals surface area contributed by atoms with E-state index >= 15 is 0 Å². The van der Waals surface area contributed by atoms with Crippen molar-refractivity contribution in [2.75, 3.05) is 6.54 Å². The summed E-state index contributed by atoms with van der Waals surface area (Å²) in [4.78, 5) is 0. The summed E-state index contributed by atoms with van der Waals surface area (Å²) in [5.74, 6) is 1.10. The molecule has 1 aromatic heterocycles. The van der Waals surface area contributed by atoms with Gasteiger partial charge in [0.2, 0.25) is 11.8 Å². The minimum Gasteiger partial charge on any atom is -0.424 e. The fourth-order valence-corrected chi connectivity index (χ4v) is 0.884. The lowest BCUT2D eigenvalue weighted by atomic mass is 10.1. The van der Waals surface area contributed by atoms with Crippen LogP contribution in [-0.4, -0.2) is 27.4 Å². The third-order valence-electron chi connectivity index (χ3n) is 1.40. The van der Waals surface area contributed by atoms with Crippen LogP contribution in [0, 0.1) is 6.92 Å². The molecule has 2 N–H and O–H groups in total. The van der Waals surface area contributed by atoms with Gasteiger partial charge in [-0.15, -0.1) is 10.2 Å². The Hall–Kier alpha value is -0.940. The van der Waals surface area contributed by atoms with Crippen molar-refractivity contribution in [3.05, 3.63) is 11.8 Å². The van der Waals surface area contributed by atoms with Crippen molar-refractivity contribution < 1.29 is 9.52 Å². The molecule has 0 atom stereocenters. The molecule has 5 heteroatoms. The van der Waals surface area contributed by atoms with Gasteiger partial charge < -0.3 is 14.8 Å². The SMILES string of the molecule is Cc1nnc(CNCC(C)(C)O)o1. The van der Waals surface area contributed by atoms with Crippen molar-refractivity contribution in [2.24, 2.45) is 0 Å². The second-order valence-electron chi connectivity index (χ2n) is 3.63. The Bertz CT molecular complexity index is 265. The molecule has 0 radical (unpaired) electrons. The lowest BCUT2D eigenvalue weighted by Gasteiger charge is -2.16. The second-order valence-corrected chi connectivity index (χ2v) is 3.63. The molecule has 0 saturated carbocycles. The highest BCUT2D eigenvalue weighted by molar-refractivity contribution is 4.79. The minimum absolute atomic E-state index is 0.491. The molecule has 0 aliphatic heterocycles. The smallest absolute Gasteiger partial charge is 0.230 e. The summed E-state index contributed by atoms with van der Waals surface area (Å²) in [6.45, 7) is 6.20. The van der Waals surface area contributed by atoms with Crippen molar-refractivity contribution in [3.8, 4) is 0 Å². The van der Waals surface area contributed by atoms with E-state index in [1.54, 1.807) is 20.8 Å². The Balaban J connectivity index is 2.28. The maximum atomic E-state index is 9.37. The molecule has 0 unspecified atom stereocenters. The maximum Gasteiger partial charge on any atom is 0.230 e. The van der Waals surface area contributed by atoms with Crippen molar-refractivity contribution in [2.45, 2.75) is 32.9 Å². The first-order valence-electron chi connectivity index (χ1n) is 4.19. The van der Waals surface area contributed by atoms with Gasteiger partial charge in [-0.25, -0.2) is 0 Å². The van der Waals surface area contributed by atoms with Crippen molar-refractivity contribution in [1.29, 1.82) is 0 Å². The second kappa shape index (κ2) is 3.85. The summed E-state index contributed by atoms with van der Waals surface area (Å²) >= 11 is 0. The Morgan fingerprint density at radius 3 is 2.62 bits per heavy atom. The van der Waals surface area contributed by atoms with E-state index in [2.05, 4.69) is 15.5 Å². The number of aryl methyl sites for hydroxylation is 1. The number of aliphatic hydroxyl groups is 1. The monoisotopic (exact) mass is 185 g/mol. The van der Waals surface area contributed by atoms with Crippen LogP contribution >= 0.6 is 0 Å². The summed E-state index contributed by atoms with van der Waals surface area (Å²) in [5.41, 5.74) is -0.713. The predicted molar refractivity (Wildman–Crippen MR) is 47.0 cm³/mol. The third kappa shape index (κ3) is 4.00. The van der Waals surface area contributed by atoms with E-state index in [0.717, 1.165) is 0 Å². The first-order chi connectivity index (χ1) is 5.97. The summed E-state index contributed by atoms with van der Waals surface area (Å²) in [6.07, 6.45) is 0. The van der Waals surface area contributed by atoms with E-state index in [0.29, 0.717) is 24.9 Å². The molecule has 1 heterocycles. The minimum atomic E-state index is -0.713. The molecule has 0 aliphatic rings. The molecule has 0 aliphatic carbocycles. The Morgan fingerprint density at radius 1 is 1.46 bits per heavy atom. The van der Waals surface area contributed by atoms with Crippen LogP contribution in [0.15, 0.2) is 4.42 Å². The summed E-state index contributed by atoms with van der Waals surface area (Å²) in [6, 6.07) is 0. The number of aromatic nitrogens is 2. The van der Waals surface area contributed by atoms with Gasteiger partial charge in [0.15, 0.2) is 0 Å². The molecular weight excluding hydrogens is 170 g/mol. The van der Waals surface area contributed by atoms with Crippen LogP contribution in [0.3, 0.4) is 0 Å². The first kappa shape index (κ1) is 10.1. The number of nitrogens with zero attached hydrogens (tertiary/aromatic N) is 2. The third-order valence-corrected chi connectivity index (χ3v) is 1.40. The van der Waals surface area contributed by atoms with Crippen LogP contribution in [0.2, 0.25) is 0 Å². The van der Waals surface area contributed by atoms with Gasteiger partial charge in [0.1, 0.15) is 0 Å². The molecule has 0 saturated heterocycles. The van der Waals surface area contributed by atoms with Crippen LogP contribution < -0.4 is 5.32 Å². The van der Waals surface area contributed by atoms with Gasteiger partial charge in [-0.2, -0.15) is 0 Å².